The largest absolute Gasteiger partial charge is 0.423 e. The first kappa shape index (κ1) is 18.2. The lowest BCUT2D eigenvalue weighted by molar-refractivity contribution is -0.384. The zero-order chi connectivity index (χ0) is 17.7. The Labute approximate surface area is 149 Å². The summed E-state index contributed by atoms with van der Waals surface area (Å²) in [4.78, 5) is 30.2. The van der Waals surface area contributed by atoms with Gasteiger partial charge >= 0.3 is 5.97 Å². The van der Waals surface area contributed by atoms with E-state index in [9.17, 15) is 14.9 Å². The number of carbonyl (C=O) groups excluding carboxylic acids is 1. The van der Waals surface area contributed by atoms with E-state index in [-0.39, 0.29) is 17.2 Å². The number of hydrogen-bond donors (Lipinski definition) is 2. The van der Waals surface area contributed by atoms with E-state index >= 15 is 0 Å². The highest BCUT2D eigenvalue weighted by molar-refractivity contribution is 7.79. The van der Waals surface area contributed by atoms with E-state index in [2.05, 4.69) is 35.2 Å². The first-order chi connectivity index (χ1) is 11.4. The van der Waals surface area contributed by atoms with Gasteiger partial charge in [0.15, 0.2) is 5.75 Å². The Kier molecular flexibility index (Phi) is 6.16. The van der Waals surface area contributed by atoms with Crippen LogP contribution in [0.4, 0.5) is 5.69 Å². The summed E-state index contributed by atoms with van der Waals surface area (Å²) in [7, 11) is 0. The fourth-order valence-corrected chi connectivity index (χ4v) is 2.51. The minimum atomic E-state index is -0.465. The summed E-state index contributed by atoms with van der Waals surface area (Å²) in [6.45, 7) is 1.30. The number of nitro benzene ring substituents is 1. The molecule has 0 amide bonds. The lowest BCUT2D eigenvalue weighted by Crippen LogP contribution is -2.11. The molecular formula is C15H15N3O4S2. The van der Waals surface area contributed by atoms with E-state index in [1.54, 1.807) is 12.1 Å². The zero-order valence-corrected chi connectivity index (χ0v) is 14.6. The van der Waals surface area contributed by atoms with Gasteiger partial charge in [-0.05, 0) is 5.56 Å². The Morgan fingerprint density at radius 1 is 1.17 bits per heavy atom. The lowest BCUT2D eigenvalue weighted by Gasteiger charge is -2.12. The van der Waals surface area contributed by atoms with Crippen molar-refractivity contribution < 1.29 is 14.5 Å². The molecule has 9 heteroatoms. The molecule has 0 unspecified atom stereocenters. The van der Waals surface area contributed by atoms with Gasteiger partial charge in [-0.25, -0.2) is 9.97 Å². The topological polar surface area (TPSA) is 95.2 Å². The van der Waals surface area contributed by atoms with Crippen molar-refractivity contribution in [3.05, 3.63) is 57.2 Å². The number of esters is 1. The van der Waals surface area contributed by atoms with Crippen LogP contribution in [0.2, 0.25) is 0 Å². The molecule has 0 bridgehead atoms. The van der Waals surface area contributed by atoms with Gasteiger partial charge in [0.05, 0.1) is 16.3 Å². The van der Waals surface area contributed by atoms with Crippen LogP contribution in [0.1, 0.15) is 29.7 Å². The van der Waals surface area contributed by atoms with Gasteiger partial charge in [0.2, 0.25) is 0 Å². The van der Waals surface area contributed by atoms with Gasteiger partial charge in [-0.3, -0.25) is 14.9 Å². The fraction of sp³-hybridized carbons (Fsp3) is 0.267. The van der Waals surface area contributed by atoms with Crippen LogP contribution >= 0.6 is 25.3 Å². The van der Waals surface area contributed by atoms with E-state index in [1.165, 1.54) is 19.1 Å². The maximum Gasteiger partial charge on any atom is 0.308 e. The Balaban J connectivity index is 2.33. The van der Waals surface area contributed by atoms with Crippen molar-refractivity contribution in [3.63, 3.8) is 0 Å². The summed E-state index contributed by atoms with van der Waals surface area (Å²) in [5.74, 6) is 0.888. The van der Waals surface area contributed by atoms with Crippen LogP contribution in [-0.2, 0) is 22.7 Å². The average molecular weight is 365 g/mol. The molecule has 0 aliphatic carbocycles. The maximum atomic E-state index is 11.2. The molecule has 2 aromatic rings. The molecular weight excluding hydrogens is 350 g/mol. The van der Waals surface area contributed by atoms with E-state index in [0.29, 0.717) is 29.4 Å². The van der Waals surface area contributed by atoms with Crippen molar-refractivity contribution in [2.75, 3.05) is 0 Å². The number of non-ortho nitro benzene ring substituents is 1. The first-order valence-electron chi connectivity index (χ1n) is 6.96. The SMILES string of the molecule is CC(=O)Oc1c(CS)nc(Cc2ccc([N+](=O)[O-])cc2)nc1CS. The Morgan fingerprint density at radius 3 is 2.12 bits per heavy atom. The maximum absolute atomic E-state index is 11.2. The Bertz CT molecular complexity index is 741. The summed E-state index contributed by atoms with van der Waals surface area (Å²) < 4.78 is 5.17. The number of aromatic nitrogens is 2. The van der Waals surface area contributed by atoms with E-state index in [1.807, 2.05) is 0 Å². The Morgan fingerprint density at radius 2 is 1.71 bits per heavy atom. The minimum absolute atomic E-state index is 0.0250. The number of carbonyl (C=O) groups is 1. The van der Waals surface area contributed by atoms with E-state index < -0.39 is 10.9 Å². The van der Waals surface area contributed by atoms with Crippen molar-refractivity contribution in [2.45, 2.75) is 24.9 Å². The predicted octanol–water partition coefficient (Wildman–Crippen LogP) is 2.76. The van der Waals surface area contributed by atoms with Gasteiger partial charge in [0, 0.05) is 37.0 Å². The standard InChI is InChI=1S/C15H15N3O4S2/c1-9(19)22-15-12(7-23)16-14(17-13(15)8-24)6-10-2-4-11(5-3-10)18(20)21/h2-5,23-24H,6-8H2,1H3. The van der Waals surface area contributed by atoms with Crippen LogP contribution in [0.25, 0.3) is 0 Å². The fourth-order valence-electron chi connectivity index (χ4n) is 2.08. The molecule has 0 spiro atoms. The number of hydrogen-bond acceptors (Lipinski definition) is 8. The second kappa shape index (κ2) is 8.11. The summed E-state index contributed by atoms with van der Waals surface area (Å²) in [5, 5.41) is 10.7. The first-order valence-corrected chi connectivity index (χ1v) is 8.23. The third-order valence-corrected chi connectivity index (χ3v) is 3.71. The van der Waals surface area contributed by atoms with Crippen molar-refractivity contribution in [2.24, 2.45) is 0 Å². The summed E-state index contributed by atoms with van der Waals surface area (Å²) in [5.41, 5.74) is 1.86. The van der Waals surface area contributed by atoms with Crippen molar-refractivity contribution in [3.8, 4) is 5.75 Å². The smallest absolute Gasteiger partial charge is 0.308 e. The molecule has 126 valence electrons. The second-order valence-electron chi connectivity index (χ2n) is 4.87. The molecule has 0 radical (unpaired) electrons. The molecule has 0 saturated heterocycles. The molecule has 24 heavy (non-hydrogen) atoms. The number of thiol groups is 2. The van der Waals surface area contributed by atoms with E-state index in [0.717, 1.165) is 5.56 Å². The summed E-state index contributed by atoms with van der Waals surface area (Å²) in [6, 6.07) is 6.17. The monoisotopic (exact) mass is 365 g/mol. The summed E-state index contributed by atoms with van der Waals surface area (Å²) >= 11 is 8.43. The highest BCUT2D eigenvalue weighted by atomic mass is 32.1. The van der Waals surface area contributed by atoms with E-state index in [4.69, 9.17) is 4.74 Å². The molecule has 1 aromatic heterocycles. The number of nitro groups is 1. The van der Waals surface area contributed by atoms with Crippen LogP contribution in [0.3, 0.4) is 0 Å². The predicted molar refractivity (Wildman–Crippen MR) is 94.6 cm³/mol. The molecule has 0 fully saturated rings. The summed E-state index contributed by atoms with van der Waals surface area (Å²) in [6.07, 6.45) is 0.389. The molecule has 1 aromatic carbocycles. The molecule has 0 aliphatic rings. The second-order valence-corrected chi connectivity index (χ2v) is 5.51. The van der Waals surface area contributed by atoms with Gasteiger partial charge in [0.25, 0.3) is 5.69 Å². The highest BCUT2D eigenvalue weighted by Crippen LogP contribution is 2.25. The van der Waals surface area contributed by atoms with Crippen LogP contribution in [0.15, 0.2) is 24.3 Å². The highest BCUT2D eigenvalue weighted by Gasteiger charge is 2.16. The van der Waals surface area contributed by atoms with Gasteiger partial charge in [-0.15, -0.1) is 0 Å². The van der Waals surface area contributed by atoms with Crippen LogP contribution < -0.4 is 4.74 Å². The van der Waals surface area contributed by atoms with Crippen LogP contribution in [-0.4, -0.2) is 20.9 Å². The third kappa shape index (κ3) is 4.45. The molecule has 0 atom stereocenters. The van der Waals surface area contributed by atoms with Gasteiger partial charge in [0.1, 0.15) is 5.82 Å². The number of benzene rings is 1. The van der Waals surface area contributed by atoms with Gasteiger partial charge < -0.3 is 4.74 Å². The Hall–Kier alpha value is -2.13. The molecule has 2 rings (SSSR count). The van der Waals surface area contributed by atoms with Crippen molar-refractivity contribution >= 4 is 36.9 Å². The zero-order valence-electron chi connectivity index (χ0n) is 12.8. The molecule has 0 saturated carbocycles. The molecule has 7 nitrogen and oxygen atoms in total. The molecule has 0 aliphatic heterocycles. The minimum Gasteiger partial charge on any atom is -0.423 e. The van der Waals surface area contributed by atoms with Crippen molar-refractivity contribution in [1.82, 2.24) is 9.97 Å². The van der Waals surface area contributed by atoms with Crippen LogP contribution in [0, 0.1) is 10.1 Å². The number of nitrogens with zero attached hydrogens (tertiary/aromatic N) is 3. The van der Waals surface area contributed by atoms with Gasteiger partial charge in [-0.1, -0.05) is 12.1 Å². The average Bonchev–Trinajstić information content (AvgIpc) is 2.55. The lowest BCUT2D eigenvalue weighted by atomic mass is 10.1. The molecule has 1 heterocycles. The quantitative estimate of drug-likeness (QED) is 0.354. The number of rotatable bonds is 6. The molecule has 0 N–H and O–H groups in total. The van der Waals surface area contributed by atoms with Crippen LogP contribution in [0.5, 0.6) is 5.75 Å². The van der Waals surface area contributed by atoms with Crippen molar-refractivity contribution in [1.29, 1.82) is 0 Å². The normalized spacial score (nSPS) is 10.5. The third-order valence-electron chi connectivity index (χ3n) is 3.11. The van der Waals surface area contributed by atoms with Gasteiger partial charge in [-0.2, -0.15) is 25.3 Å². The number of ether oxygens (including phenoxy) is 1.